The van der Waals surface area contributed by atoms with Gasteiger partial charge in [-0.15, -0.1) is 0 Å². The van der Waals surface area contributed by atoms with Gasteiger partial charge in [0, 0.05) is 22.6 Å². The Bertz CT molecular complexity index is 566. The van der Waals surface area contributed by atoms with Gasteiger partial charge in [-0.3, -0.25) is 0 Å². The molecule has 1 saturated carbocycles. The Hall–Kier alpha value is -1.32. The largest absolute Gasteiger partial charge is 0.489 e. The van der Waals surface area contributed by atoms with E-state index in [0.29, 0.717) is 6.61 Å². The zero-order valence-electron chi connectivity index (χ0n) is 11.3. The van der Waals surface area contributed by atoms with Crippen molar-refractivity contribution >= 4 is 15.9 Å². The molecule has 0 unspecified atom stereocenters. The highest BCUT2D eigenvalue weighted by Gasteiger charge is 2.19. The number of hydrogen-bond donors (Lipinski definition) is 1. The third kappa shape index (κ3) is 3.84. The number of hydrogen-bond acceptors (Lipinski definition) is 2. The van der Waals surface area contributed by atoms with Gasteiger partial charge in [-0.25, -0.2) is 0 Å². The van der Waals surface area contributed by atoms with E-state index >= 15 is 0 Å². The van der Waals surface area contributed by atoms with E-state index in [4.69, 9.17) is 4.74 Å². The Morgan fingerprint density at radius 3 is 2.60 bits per heavy atom. The molecule has 0 spiro atoms. The summed E-state index contributed by atoms with van der Waals surface area (Å²) in [5.41, 5.74) is 2.48. The number of halogens is 1. The van der Waals surface area contributed by atoms with Crippen LogP contribution in [0.3, 0.4) is 0 Å². The number of rotatable bonds is 6. The van der Waals surface area contributed by atoms with Crippen molar-refractivity contribution in [2.24, 2.45) is 0 Å². The van der Waals surface area contributed by atoms with Gasteiger partial charge in [-0.05, 0) is 36.6 Å². The lowest BCUT2D eigenvalue weighted by Gasteiger charge is -2.10. The van der Waals surface area contributed by atoms with E-state index < -0.39 is 0 Å². The van der Waals surface area contributed by atoms with Gasteiger partial charge in [-0.1, -0.05) is 46.3 Å². The van der Waals surface area contributed by atoms with Gasteiger partial charge in [-0.2, -0.15) is 0 Å². The van der Waals surface area contributed by atoms with Crippen molar-refractivity contribution in [2.75, 3.05) is 0 Å². The molecule has 1 aliphatic carbocycles. The second kappa shape index (κ2) is 6.42. The summed E-state index contributed by atoms with van der Waals surface area (Å²) in [6, 6.07) is 17.1. The van der Waals surface area contributed by atoms with Crippen LogP contribution < -0.4 is 10.1 Å². The Kier molecular flexibility index (Phi) is 4.38. The van der Waals surface area contributed by atoms with Crippen molar-refractivity contribution in [3.63, 3.8) is 0 Å². The molecule has 2 nitrogen and oxygen atoms in total. The molecular formula is C17H18BrNO. The highest BCUT2D eigenvalue weighted by Crippen LogP contribution is 2.23. The molecule has 0 heterocycles. The topological polar surface area (TPSA) is 21.3 Å². The molecule has 1 fully saturated rings. The van der Waals surface area contributed by atoms with Gasteiger partial charge in [0.1, 0.15) is 12.4 Å². The molecule has 0 aliphatic heterocycles. The minimum atomic E-state index is 0.584. The molecule has 1 aliphatic rings. The summed E-state index contributed by atoms with van der Waals surface area (Å²) in [4.78, 5) is 0. The summed E-state index contributed by atoms with van der Waals surface area (Å²) in [5, 5.41) is 3.53. The van der Waals surface area contributed by atoms with Crippen LogP contribution in [0.25, 0.3) is 0 Å². The second-order valence-corrected chi connectivity index (χ2v) is 6.04. The first-order valence-electron chi connectivity index (χ1n) is 7.00. The molecular weight excluding hydrogens is 314 g/mol. The van der Waals surface area contributed by atoms with Crippen LogP contribution in [0.4, 0.5) is 0 Å². The molecule has 0 amide bonds. The van der Waals surface area contributed by atoms with Crippen molar-refractivity contribution in [3.8, 4) is 5.75 Å². The predicted molar refractivity (Wildman–Crippen MR) is 84.8 cm³/mol. The van der Waals surface area contributed by atoms with Gasteiger partial charge in [0.05, 0.1) is 0 Å². The van der Waals surface area contributed by atoms with Crippen molar-refractivity contribution in [1.29, 1.82) is 0 Å². The van der Waals surface area contributed by atoms with E-state index in [1.807, 2.05) is 30.3 Å². The van der Waals surface area contributed by atoms with E-state index in [-0.39, 0.29) is 0 Å². The molecule has 3 rings (SSSR count). The minimum absolute atomic E-state index is 0.584. The molecule has 0 atom stereocenters. The first-order valence-corrected chi connectivity index (χ1v) is 7.79. The number of ether oxygens (including phenoxy) is 1. The van der Waals surface area contributed by atoms with E-state index in [2.05, 4.69) is 39.4 Å². The molecule has 0 bridgehead atoms. The molecule has 1 N–H and O–H groups in total. The minimum Gasteiger partial charge on any atom is -0.489 e. The number of benzene rings is 2. The van der Waals surface area contributed by atoms with Crippen molar-refractivity contribution in [2.45, 2.75) is 32.0 Å². The summed E-state index contributed by atoms with van der Waals surface area (Å²) >= 11 is 3.64. The first-order chi connectivity index (χ1) is 9.81. The second-order valence-electron chi connectivity index (χ2n) is 5.18. The fourth-order valence-electron chi connectivity index (χ4n) is 2.05. The third-order valence-electron chi connectivity index (χ3n) is 3.43. The number of nitrogens with one attached hydrogen (secondary N) is 1. The monoisotopic (exact) mass is 331 g/mol. The zero-order chi connectivity index (χ0) is 13.8. The third-order valence-corrected chi connectivity index (χ3v) is 4.17. The summed E-state index contributed by atoms with van der Waals surface area (Å²) in [5.74, 6) is 0.902. The highest BCUT2D eigenvalue weighted by molar-refractivity contribution is 9.10. The van der Waals surface area contributed by atoms with Gasteiger partial charge < -0.3 is 10.1 Å². The average molecular weight is 332 g/mol. The van der Waals surface area contributed by atoms with Crippen molar-refractivity contribution in [3.05, 3.63) is 64.1 Å². The normalized spacial score (nSPS) is 14.2. The van der Waals surface area contributed by atoms with Crippen molar-refractivity contribution < 1.29 is 4.74 Å². The van der Waals surface area contributed by atoms with Crippen LogP contribution in [0.2, 0.25) is 0 Å². The maximum atomic E-state index is 5.78. The zero-order valence-corrected chi connectivity index (χ0v) is 12.9. The smallest absolute Gasteiger partial charge is 0.119 e. The lowest BCUT2D eigenvalue weighted by atomic mass is 10.1. The van der Waals surface area contributed by atoms with Crippen LogP contribution in [0.15, 0.2) is 53.0 Å². The van der Waals surface area contributed by atoms with E-state index in [9.17, 15) is 0 Å². The van der Waals surface area contributed by atoms with Crippen LogP contribution in [-0.2, 0) is 13.2 Å². The first kappa shape index (κ1) is 13.7. The SMILES string of the molecule is Brc1cc(CNC2CC2)ccc1COc1ccccc1. The Balaban J connectivity index is 1.58. The summed E-state index contributed by atoms with van der Waals surface area (Å²) in [6.45, 7) is 1.53. The highest BCUT2D eigenvalue weighted by atomic mass is 79.9. The summed E-state index contributed by atoms with van der Waals surface area (Å²) in [6.07, 6.45) is 2.65. The molecule has 0 aromatic heterocycles. The van der Waals surface area contributed by atoms with Crippen LogP contribution in [0.5, 0.6) is 5.75 Å². The quantitative estimate of drug-likeness (QED) is 0.852. The molecule has 2 aromatic rings. The van der Waals surface area contributed by atoms with Gasteiger partial charge in [0.15, 0.2) is 0 Å². The lowest BCUT2D eigenvalue weighted by molar-refractivity contribution is 0.305. The predicted octanol–water partition coefficient (Wildman–Crippen LogP) is 4.28. The van der Waals surface area contributed by atoms with E-state index in [1.165, 1.54) is 24.0 Å². The van der Waals surface area contributed by atoms with Crippen LogP contribution in [-0.4, -0.2) is 6.04 Å². The molecule has 104 valence electrons. The average Bonchev–Trinajstić information content (AvgIpc) is 3.29. The van der Waals surface area contributed by atoms with Crippen LogP contribution in [0.1, 0.15) is 24.0 Å². The fraction of sp³-hybridized carbons (Fsp3) is 0.294. The fourth-order valence-corrected chi connectivity index (χ4v) is 2.59. The molecule has 20 heavy (non-hydrogen) atoms. The van der Waals surface area contributed by atoms with Gasteiger partial charge in [0.2, 0.25) is 0 Å². The Labute approximate surface area is 128 Å². The van der Waals surface area contributed by atoms with E-state index in [1.54, 1.807) is 0 Å². The molecule has 2 aromatic carbocycles. The number of para-hydroxylation sites is 1. The Morgan fingerprint density at radius 1 is 1.10 bits per heavy atom. The van der Waals surface area contributed by atoms with Gasteiger partial charge >= 0.3 is 0 Å². The standard InChI is InChI=1S/C17H18BrNO/c18-17-10-13(11-19-15-8-9-15)6-7-14(17)12-20-16-4-2-1-3-5-16/h1-7,10,15,19H,8-9,11-12H2. The maximum Gasteiger partial charge on any atom is 0.119 e. The van der Waals surface area contributed by atoms with Crippen LogP contribution in [0, 0.1) is 0 Å². The summed E-state index contributed by atoms with van der Waals surface area (Å²) in [7, 11) is 0. The molecule has 0 radical (unpaired) electrons. The van der Waals surface area contributed by atoms with Crippen LogP contribution >= 0.6 is 15.9 Å². The molecule has 3 heteroatoms. The molecule has 0 saturated heterocycles. The van der Waals surface area contributed by atoms with E-state index in [0.717, 1.165) is 22.8 Å². The Morgan fingerprint density at radius 2 is 1.90 bits per heavy atom. The maximum absolute atomic E-state index is 5.78. The lowest BCUT2D eigenvalue weighted by Crippen LogP contribution is -2.15. The van der Waals surface area contributed by atoms with Gasteiger partial charge in [0.25, 0.3) is 0 Å². The van der Waals surface area contributed by atoms with Crippen molar-refractivity contribution in [1.82, 2.24) is 5.32 Å². The summed E-state index contributed by atoms with van der Waals surface area (Å²) < 4.78 is 6.89.